The Labute approximate surface area is 182 Å². The summed E-state index contributed by atoms with van der Waals surface area (Å²) in [4.78, 5) is 12.3. The van der Waals surface area contributed by atoms with Crippen molar-refractivity contribution in [2.75, 3.05) is 24.0 Å². The summed E-state index contributed by atoms with van der Waals surface area (Å²) in [6.45, 7) is 6.31. The number of carbonyl (C=O) groups excluding carboxylic acids is 1. The highest BCUT2D eigenvalue weighted by molar-refractivity contribution is 5.92. The first-order chi connectivity index (χ1) is 15.0. The zero-order chi connectivity index (χ0) is 22.1. The molecule has 0 aliphatic heterocycles. The van der Waals surface area contributed by atoms with E-state index >= 15 is 0 Å². The molecule has 0 aliphatic rings. The summed E-state index contributed by atoms with van der Waals surface area (Å²) in [5, 5.41) is 7.09. The second-order valence-electron chi connectivity index (χ2n) is 7.01. The largest absolute Gasteiger partial charge is 0.490 e. The Morgan fingerprint density at radius 1 is 0.903 bits per heavy atom. The van der Waals surface area contributed by atoms with Crippen molar-refractivity contribution in [2.45, 2.75) is 20.8 Å². The van der Waals surface area contributed by atoms with E-state index in [-0.39, 0.29) is 12.5 Å². The summed E-state index contributed by atoms with van der Waals surface area (Å²) in [6.07, 6.45) is 1.70. The average molecular weight is 418 g/mol. The molecule has 31 heavy (non-hydrogen) atoms. The Kier molecular flexibility index (Phi) is 7.65. The molecule has 0 aliphatic carbocycles. The predicted octanol–water partition coefficient (Wildman–Crippen LogP) is 5.17. The second-order valence-corrected chi connectivity index (χ2v) is 7.01. The molecule has 160 valence electrons. The Balaban J connectivity index is 1.60. The monoisotopic (exact) mass is 417 g/mol. The number of para-hydroxylation sites is 1. The Morgan fingerprint density at radius 3 is 2.45 bits per heavy atom. The fourth-order valence-corrected chi connectivity index (χ4v) is 2.85. The van der Waals surface area contributed by atoms with Crippen molar-refractivity contribution in [1.82, 2.24) is 0 Å². The maximum Gasteiger partial charge on any atom is 0.262 e. The Bertz CT molecular complexity index is 1050. The van der Waals surface area contributed by atoms with E-state index in [1.54, 1.807) is 12.3 Å². The van der Waals surface area contributed by atoms with Crippen LogP contribution in [-0.2, 0) is 4.79 Å². The smallest absolute Gasteiger partial charge is 0.262 e. The number of rotatable bonds is 9. The third-order valence-corrected chi connectivity index (χ3v) is 4.60. The molecule has 0 spiro atoms. The maximum atomic E-state index is 12.3. The van der Waals surface area contributed by atoms with Gasteiger partial charge in [-0.25, -0.2) is 0 Å². The quantitative estimate of drug-likeness (QED) is 0.372. The van der Waals surface area contributed by atoms with Crippen molar-refractivity contribution in [1.29, 1.82) is 0 Å². The van der Waals surface area contributed by atoms with Crippen molar-refractivity contribution in [2.24, 2.45) is 5.10 Å². The molecular formula is C25H27N3O3. The van der Waals surface area contributed by atoms with Gasteiger partial charge in [-0.05, 0) is 79.9 Å². The van der Waals surface area contributed by atoms with Gasteiger partial charge in [0.2, 0.25) is 0 Å². The van der Waals surface area contributed by atoms with Crippen LogP contribution in [0.3, 0.4) is 0 Å². The number of amides is 1. The number of benzene rings is 3. The summed E-state index contributed by atoms with van der Waals surface area (Å²) >= 11 is 0. The molecule has 3 aromatic carbocycles. The lowest BCUT2D eigenvalue weighted by atomic mass is 10.1. The summed E-state index contributed by atoms with van der Waals surface area (Å²) in [7, 11) is 0. The normalized spacial score (nSPS) is 10.7. The Hall–Kier alpha value is -3.80. The molecule has 3 aromatic rings. The summed E-state index contributed by atoms with van der Waals surface area (Å²) in [6, 6.07) is 21.0. The molecule has 0 unspecified atom stereocenters. The van der Waals surface area contributed by atoms with Crippen molar-refractivity contribution >= 4 is 23.5 Å². The molecule has 3 rings (SSSR count). The lowest BCUT2D eigenvalue weighted by molar-refractivity contribution is -0.118. The van der Waals surface area contributed by atoms with E-state index in [2.05, 4.69) is 15.8 Å². The molecule has 1 amide bonds. The number of hydrogen-bond acceptors (Lipinski definition) is 5. The highest BCUT2D eigenvalue weighted by Crippen LogP contribution is 2.28. The zero-order valence-electron chi connectivity index (χ0n) is 18.0. The van der Waals surface area contributed by atoms with E-state index in [0.717, 1.165) is 22.5 Å². The van der Waals surface area contributed by atoms with Gasteiger partial charge in [-0.3, -0.25) is 10.2 Å². The Morgan fingerprint density at radius 2 is 1.71 bits per heavy atom. The third kappa shape index (κ3) is 6.60. The molecule has 6 heteroatoms. The average Bonchev–Trinajstić information content (AvgIpc) is 2.77. The van der Waals surface area contributed by atoms with Gasteiger partial charge in [-0.15, -0.1) is 0 Å². The van der Waals surface area contributed by atoms with Crippen LogP contribution in [0, 0.1) is 13.8 Å². The van der Waals surface area contributed by atoms with Gasteiger partial charge in [0.15, 0.2) is 18.1 Å². The van der Waals surface area contributed by atoms with Crippen LogP contribution in [0.2, 0.25) is 0 Å². The number of ether oxygens (including phenoxy) is 2. The van der Waals surface area contributed by atoms with Gasteiger partial charge in [0, 0.05) is 5.69 Å². The lowest BCUT2D eigenvalue weighted by Gasteiger charge is -2.13. The fraction of sp³-hybridized carbons (Fsp3) is 0.200. The molecule has 0 bridgehead atoms. The van der Waals surface area contributed by atoms with Crippen LogP contribution >= 0.6 is 0 Å². The molecule has 6 nitrogen and oxygen atoms in total. The van der Waals surface area contributed by atoms with Crippen LogP contribution in [-0.4, -0.2) is 25.3 Å². The van der Waals surface area contributed by atoms with E-state index in [1.165, 1.54) is 5.56 Å². The zero-order valence-corrected chi connectivity index (χ0v) is 18.0. The van der Waals surface area contributed by atoms with Gasteiger partial charge >= 0.3 is 0 Å². The van der Waals surface area contributed by atoms with Crippen LogP contribution in [0.15, 0.2) is 71.8 Å². The standard InChI is InChI=1S/C25H27N3O3/c1-4-30-24-15-20(16-26-28-21-8-6-5-7-9-21)11-13-23(24)31-17-25(29)27-22-12-10-18(2)19(3)14-22/h5-16,28H,4,17H2,1-3H3,(H,27,29)/b26-16-. The minimum Gasteiger partial charge on any atom is -0.490 e. The highest BCUT2D eigenvalue weighted by Gasteiger charge is 2.10. The summed E-state index contributed by atoms with van der Waals surface area (Å²) < 4.78 is 11.4. The minimum atomic E-state index is -0.233. The van der Waals surface area contributed by atoms with Gasteiger partial charge in [0.25, 0.3) is 5.91 Å². The van der Waals surface area contributed by atoms with Gasteiger partial charge < -0.3 is 14.8 Å². The molecular weight excluding hydrogens is 390 g/mol. The summed E-state index contributed by atoms with van der Waals surface area (Å²) in [5.74, 6) is 0.832. The number of anilines is 2. The van der Waals surface area contributed by atoms with E-state index < -0.39 is 0 Å². The van der Waals surface area contributed by atoms with Crippen LogP contribution in [0.1, 0.15) is 23.6 Å². The molecule has 0 aromatic heterocycles. The fourth-order valence-electron chi connectivity index (χ4n) is 2.85. The second kappa shape index (κ2) is 10.8. The molecule has 0 saturated heterocycles. The van der Waals surface area contributed by atoms with Crippen LogP contribution in [0.5, 0.6) is 11.5 Å². The first kappa shape index (κ1) is 21.9. The van der Waals surface area contributed by atoms with Crippen LogP contribution in [0.25, 0.3) is 0 Å². The van der Waals surface area contributed by atoms with E-state index in [4.69, 9.17) is 9.47 Å². The number of nitrogens with one attached hydrogen (secondary N) is 2. The number of hydrogen-bond donors (Lipinski definition) is 2. The van der Waals surface area contributed by atoms with Gasteiger partial charge in [0.1, 0.15) is 0 Å². The lowest BCUT2D eigenvalue weighted by Crippen LogP contribution is -2.20. The first-order valence-corrected chi connectivity index (χ1v) is 10.2. The SMILES string of the molecule is CCOc1cc(/C=N\Nc2ccccc2)ccc1OCC(=O)Nc1ccc(C)c(C)c1. The number of carbonyl (C=O) groups is 1. The maximum absolute atomic E-state index is 12.3. The molecule has 0 saturated carbocycles. The van der Waals surface area contributed by atoms with Gasteiger partial charge in [0.05, 0.1) is 18.5 Å². The molecule has 0 heterocycles. The molecule has 0 atom stereocenters. The van der Waals surface area contributed by atoms with Crippen LogP contribution in [0.4, 0.5) is 11.4 Å². The molecule has 0 radical (unpaired) electrons. The van der Waals surface area contributed by atoms with Crippen molar-refractivity contribution in [3.05, 3.63) is 83.4 Å². The van der Waals surface area contributed by atoms with Crippen molar-refractivity contribution < 1.29 is 14.3 Å². The van der Waals surface area contributed by atoms with Gasteiger partial charge in [-0.1, -0.05) is 24.3 Å². The van der Waals surface area contributed by atoms with Gasteiger partial charge in [-0.2, -0.15) is 5.10 Å². The molecule has 2 N–H and O–H groups in total. The highest BCUT2D eigenvalue weighted by atomic mass is 16.5. The number of aryl methyl sites for hydroxylation is 2. The van der Waals surface area contributed by atoms with E-state index in [9.17, 15) is 4.79 Å². The predicted molar refractivity (Wildman–Crippen MR) is 125 cm³/mol. The van der Waals surface area contributed by atoms with Crippen molar-refractivity contribution in [3.8, 4) is 11.5 Å². The van der Waals surface area contributed by atoms with E-state index in [0.29, 0.717) is 18.1 Å². The minimum absolute atomic E-state index is 0.115. The topological polar surface area (TPSA) is 71.9 Å². The van der Waals surface area contributed by atoms with E-state index in [1.807, 2.05) is 81.4 Å². The van der Waals surface area contributed by atoms with Crippen LogP contribution < -0.4 is 20.2 Å². The number of nitrogens with zero attached hydrogens (tertiary/aromatic N) is 1. The first-order valence-electron chi connectivity index (χ1n) is 10.2. The van der Waals surface area contributed by atoms with Crippen molar-refractivity contribution in [3.63, 3.8) is 0 Å². The molecule has 0 fully saturated rings. The number of hydrazone groups is 1. The third-order valence-electron chi connectivity index (χ3n) is 4.60. The summed E-state index contributed by atoms with van der Waals surface area (Å²) in [5.41, 5.74) is 7.77.